The smallest absolute Gasteiger partial charge is 0.370 e. The molecule has 0 radical (unpaired) electrons. The molecule has 0 saturated carbocycles. The van der Waals surface area contributed by atoms with Crippen LogP contribution in [0, 0.1) is 0 Å². The van der Waals surface area contributed by atoms with Crippen LogP contribution in [0.5, 0.6) is 0 Å². The van der Waals surface area contributed by atoms with Gasteiger partial charge in [-0.2, -0.15) is 13.2 Å². The quantitative estimate of drug-likeness (QED) is 0.617. The topological polar surface area (TPSA) is 94.2 Å². The van der Waals surface area contributed by atoms with Gasteiger partial charge in [0.25, 0.3) is 5.56 Å². The van der Waals surface area contributed by atoms with Crippen LogP contribution in [-0.2, 0) is 31.6 Å². The molecule has 172 valence electrons. The Morgan fingerprint density at radius 1 is 1.12 bits per heavy atom. The molecule has 0 spiro atoms. The van der Waals surface area contributed by atoms with E-state index in [9.17, 15) is 27.6 Å². The molecule has 0 unspecified atom stereocenters. The normalized spacial score (nSPS) is 11.7. The van der Waals surface area contributed by atoms with Crippen LogP contribution >= 0.6 is 0 Å². The predicted octanol–water partition coefficient (Wildman–Crippen LogP) is 1.94. The number of aromatic nitrogens is 4. The van der Waals surface area contributed by atoms with Crippen LogP contribution in [-0.4, -0.2) is 37.7 Å². The highest BCUT2D eigenvalue weighted by Crippen LogP contribution is 2.35. The molecule has 3 rings (SSSR count). The number of halogens is 3. The van der Waals surface area contributed by atoms with E-state index < -0.39 is 28.9 Å². The SMILES string of the molecule is CCN(CC)c1ccc(C(F)(F)F)cc1NC(=O)Cn1cnc2c1c(=O)n(C)c(=O)n2C. The Kier molecular flexibility index (Phi) is 6.15. The summed E-state index contributed by atoms with van der Waals surface area (Å²) in [5.41, 5.74) is -1.48. The second kappa shape index (κ2) is 8.52. The maximum absolute atomic E-state index is 13.2. The monoisotopic (exact) mass is 452 g/mol. The minimum atomic E-state index is -4.57. The van der Waals surface area contributed by atoms with Gasteiger partial charge < -0.3 is 14.8 Å². The van der Waals surface area contributed by atoms with Gasteiger partial charge in [-0.1, -0.05) is 0 Å². The van der Waals surface area contributed by atoms with Crippen LogP contribution < -0.4 is 21.5 Å². The van der Waals surface area contributed by atoms with Gasteiger partial charge in [0.2, 0.25) is 5.91 Å². The first-order valence-corrected chi connectivity index (χ1v) is 9.86. The lowest BCUT2D eigenvalue weighted by Crippen LogP contribution is -2.37. The van der Waals surface area contributed by atoms with Gasteiger partial charge in [-0.15, -0.1) is 0 Å². The summed E-state index contributed by atoms with van der Waals surface area (Å²) in [5, 5.41) is 2.53. The van der Waals surface area contributed by atoms with E-state index in [-0.39, 0.29) is 23.4 Å². The number of imidazole rings is 1. The Morgan fingerprint density at radius 3 is 2.38 bits per heavy atom. The Labute approximate surface area is 180 Å². The molecule has 0 atom stereocenters. The van der Waals surface area contributed by atoms with Crippen molar-refractivity contribution in [3.63, 3.8) is 0 Å². The predicted molar refractivity (Wildman–Crippen MR) is 114 cm³/mol. The molecule has 1 N–H and O–H groups in total. The molecule has 0 aliphatic rings. The molecule has 0 aliphatic heterocycles. The van der Waals surface area contributed by atoms with E-state index in [0.29, 0.717) is 18.8 Å². The van der Waals surface area contributed by atoms with Crippen LogP contribution in [0.3, 0.4) is 0 Å². The third-order valence-corrected chi connectivity index (χ3v) is 5.23. The summed E-state index contributed by atoms with van der Waals surface area (Å²) in [7, 11) is 2.75. The zero-order valence-corrected chi connectivity index (χ0v) is 18.0. The number of hydrogen-bond acceptors (Lipinski definition) is 5. The van der Waals surface area contributed by atoms with Gasteiger partial charge in [0, 0.05) is 27.2 Å². The summed E-state index contributed by atoms with van der Waals surface area (Å²) < 4.78 is 43.0. The van der Waals surface area contributed by atoms with Crippen molar-refractivity contribution in [2.75, 3.05) is 23.3 Å². The number of fused-ring (bicyclic) bond motifs is 1. The van der Waals surface area contributed by atoms with E-state index in [4.69, 9.17) is 0 Å². The summed E-state index contributed by atoms with van der Waals surface area (Å²) in [6, 6.07) is 3.18. The number of rotatable bonds is 6. The second-order valence-electron chi connectivity index (χ2n) is 7.20. The molecule has 1 aromatic carbocycles. The molecule has 0 aliphatic carbocycles. The number of alkyl halides is 3. The van der Waals surface area contributed by atoms with Crippen molar-refractivity contribution < 1.29 is 18.0 Å². The Morgan fingerprint density at radius 2 is 1.78 bits per heavy atom. The fraction of sp³-hybridized carbons (Fsp3) is 0.400. The molecule has 0 saturated heterocycles. The molecular weight excluding hydrogens is 429 g/mol. The van der Waals surface area contributed by atoms with Crippen molar-refractivity contribution in [1.82, 2.24) is 18.7 Å². The number of nitrogens with zero attached hydrogens (tertiary/aromatic N) is 5. The summed E-state index contributed by atoms with van der Waals surface area (Å²) in [4.78, 5) is 43.2. The molecule has 0 bridgehead atoms. The lowest BCUT2D eigenvalue weighted by atomic mass is 10.1. The van der Waals surface area contributed by atoms with Gasteiger partial charge in [-0.3, -0.25) is 18.7 Å². The molecule has 1 amide bonds. The highest BCUT2D eigenvalue weighted by molar-refractivity contribution is 5.95. The van der Waals surface area contributed by atoms with Gasteiger partial charge in [-0.25, -0.2) is 9.78 Å². The van der Waals surface area contributed by atoms with Crippen molar-refractivity contribution in [3.8, 4) is 0 Å². The number of amides is 1. The maximum Gasteiger partial charge on any atom is 0.416 e. The highest BCUT2D eigenvalue weighted by atomic mass is 19.4. The zero-order valence-electron chi connectivity index (χ0n) is 18.0. The van der Waals surface area contributed by atoms with Crippen molar-refractivity contribution in [3.05, 3.63) is 50.9 Å². The Hall–Kier alpha value is -3.57. The molecule has 2 aromatic heterocycles. The third-order valence-electron chi connectivity index (χ3n) is 5.23. The van der Waals surface area contributed by atoms with E-state index in [1.807, 2.05) is 18.7 Å². The minimum absolute atomic E-state index is 0.0123. The molecular formula is C20H23F3N6O3. The lowest BCUT2D eigenvalue weighted by Gasteiger charge is -2.25. The highest BCUT2D eigenvalue weighted by Gasteiger charge is 2.31. The van der Waals surface area contributed by atoms with Gasteiger partial charge >= 0.3 is 11.9 Å². The van der Waals surface area contributed by atoms with E-state index in [1.54, 1.807) is 0 Å². The van der Waals surface area contributed by atoms with Crippen molar-refractivity contribution in [1.29, 1.82) is 0 Å². The molecule has 0 fully saturated rings. The maximum atomic E-state index is 13.2. The van der Waals surface area contributed by atoms with E-state index in [2.05, 4.69) is 10.3 Å². The Balaban J connectivity index is 1.99. The van der Waals surface area contributed by atoms with Gasteiger partial charge in [0.1, 0.15) is 6.54 Å². The first-order chi connectivity index (χ1) is 15.0. The lowest BCUT2D eigenvalue weighted by molar-refractivity contribution is -0.137. The summed E-state index contributed by atoms with van der Waals surface area (Å²) in [6.07, 6.45) is -3.33. The van der Waals surface area contributed by atoms with E-state index in [1.165, 1.54) is 35.6 Å². The summed E-state index contributed by atoms with van der Waals surface area (Å²) in [5.74, 6) is -0.645. The van der Waals surface area contributed by atoms with Crippen LogP contribution in [0.4, 0.5) is 24.5 Å². The average molecular weight is 452 g/mol. The number of carbonyl (C=O) groups is 1. The first kappa shape index (κ1) is 23.1. The number of anilines is 2. The molecule has 12 heteroatoms. The minimum Gasteiger partial charge on any atom is -0.370 e. The number of aryl methyl sites for hydroxylation is 1. The van der Waals surface area contributed by atoms with Crippen molar-refractivity contribution in [2.45, 2.75) is 26.6 Å². The second-order valence-corrected chi connectivity index (χ2v) is 7.20. The average Bonchev–Trinajstić information content (AvgIpc) is 3.15. The van der Waals surface area contributed by atoms with Gasteiger partial charge in [0.15, 0.2) is 11.2 Å². The largest absolute Gasteiger partial charge is 0.416 e. The third kappa shape index (κ3) is 4.12. The fourth-order valence-corrected chi connectivity index (χ4v) is 3.51. The molecule has 9 nitrogen and oxygen atoms in total. The number of nitrogens with one attached hydrogen (secondary N) is 1. The van der Waals surface area contributed by atoms with Gasteiger partial charge in [0.05, 0.1) is 23.3 Å². The molecule has 2 heterocycles. The molecule has 3 aromatic rings. The number of carbonyl (C=O) groups excluding carboxylic acids is 1. The van der Waals surface area contributed by atoms with Crippen LogP contribution in [0.15, 0.2) is 34.1 Å². The number of hydrogen-bond donors (Lipinski definition) is 1. The zero-order chi connectivity index (χ0) is 23.8. The molecule has 32 heavy (non-hydrogen) atoms. The van der Waals surface area contributed by atoms with Crippen LogP contribution in [0.1, 0.15) is 19.4 Å². The summed E-state index contributed by atoms with van der Waals surface area (Å²) in [6.45, 7) is 4.38. The van der Waals surface area contributed by atoms with Gasteiger partial charge in [-0.05, 0) is 32.0 Å². The van der Waals surface area contributed by atoms with Crippen molar-refractivity contribution in [2.24, 2.45) is 14.1 Å². The van der Waals surface area contributed by atoms with Crippen LogP contribution in [0.2, 0.25) is 0 Å². The van der Waals surface area contributed by atoms with Crippen molar-refractivity contribution >= 4 is 28.4 Å². The van der Waals surface area contributed by atoms with E-state index in [0.717, 1.165) is 16.7 Å². The number of benzene rings is 1. The standard InChI is InChI=1S/C20H23F3N6O3/c1-5-28(6-2)14-8-7-12(20(21,22)23)9-13(14)25-15(30)10-29-11-24-17-16(29)18(31)27(4)19(32)26(17)3/h7-9,11H,5-6,10H2,1-4H3,(H,25,30). The fourth-order valence-electron chi connectivity index (χ4n) is 3.51. The van der Waals surface area contributed by atoms with E-state index >= 15 is 0 Å². The van der Waals surface area contributed by atoms with Crippen LogP contribution in [0.25, 0.3) is 11.2 Å². The Bertz CT molecular complexity index is 1280. The first-order valence-electron chi connectivity index (χ1n) is 9.86. The summed E-state index contributed by atoms with van der Waals surface area (Å²) >= 11 is 0.